The van der Waals surface area contributed by atoms with Crippen LogP contribution in [0.1, 0.15) is 95.2 Å². The van der Waals surface area contributed by atoms with Gasteiger partial charge in [-0.1, -0.05) is 63.1 Å². The molecule has 0 spiro atoms. The number of nitrogens with one attached hydrogen (secondary N) is 9. The standard InChI is InChI=1S/C60H85N13O20/c1-4-30(2)49(60(92)93)72-56(88)43(27-34-12-18-37(78)19-13-34)69-58(90)45(29-74)71-55(87)41(25-32-8-14-35(76)15-9-32)68-53(85)40(21-23-47(64)80)65-52(84)39(20-22-46(63)79)66-54(86)42(26-33-10-16-36(77)17-11-33)70-59(91)50(31(3)75)73-57(89)44(28-48(81)82)67-51(83)38(62)7-5-6-24-61/h8-19,30-31,38-45,49-50,74-78H,4-7,20-29,61-62H2,1-3H3,(H2,63,79)(H2,64,80)(H,65,84)(H,66,86)(H,67,83)(H,68,85)(H,69,90)(H,70,91)(H,71,87)(H,72,88)(H,73,89)(H,81,82)(H,92,93)/t30-,31+,38-,39-,40-,41-,42-,43-,44-,45-,49-,50-/m0/s1. The summed E-state index contributed by atoms with van der Waals surface area (Å²) in [5.74, 6) is -16.5. The first-order valence-electron chi connectivity index (χ1n) is 29.7. The highest BCUT2D eigenvalue weighted by molar-refractivity contribution is 5.99. The molecule has 0 saturated carbocycles. The lowest BCUT2D eigenvalue weighted by molar-refractivity contribution is -0.144. The minimum absolute atomic E-state index is 0.116. The highest BCUT2D eigenvalue weighted by atomic mass is 16.4. The van der Waals surface area contributed by atoms with Gasteiger partial charge in [-0.25, -0.2) is 4.79 Å². The molecule has 0 aliphatic rings. The number of phenols is 3. The van der Waals surface area contributed by atoms with Gasteiger partial charge in [0.25, 0.3) is 0 Å². The van der Waals surface area contributed by atoms with Crippen molar-refractivity contribution in [2.24, 2.45) is 28.9 Å². The van der Waals surface area contributed by atoms with Crippen molar-refractivity contribution in [3.63, 3.8) is 0 Å². The summed E-state index contributed by atoms with van der Waals surface area (Å²) in [4.78, 5) is 175. The molecule has 33 heteroatoms. The molecule has 0 unspecified atom stereocenters. The van der Waals surface area contributed by atoms with E-state index in [-0.39, 0.29) is 41.2 Å². The molecule has 3 aromatic carbocycles. The third kappa shape index (κ3) is 27.2. The molecule has 11 amide bonds. The number of phenolic OH excluding ortho intramolecular Hbond substituents is 3. The molecule has 3 rings (SSSR count). The van der Waals surface area contributed by atoms with E-state index in [9.17, 15) is 98.1 Å². The van der Waals surface area contributed by atoms with Crippen LogP contribution in [0.25, 0.3) is 0 Å². The largest absolute Gasteiger partial charge is 0.508 e. The summed E-state index contributed by atoms with van der Waals surface area (Å²) >= 11 is 0. The van der Waals surface area contributed by atoms with Gasteiger partial charge in [0.1, 0.15) is 71.6 Å². The van der Waals surface area contributed by atoms with Crippen molar-refractivity contribution in [1.29, 1.82) is 0 Å². The molecule has 24 N–H and O–H groups in total. The Hall–Kier alpha value is -9.99. The molecular weight excluding hydrogens is 1220 g/mol. The van der Waals surface area contributed by atoms with Gasteiger partial charge in [0, 0.05) is 32.1 Å². The molecule has 93 heavy (non-hydrogen) atoms. The van der Waals surface area contributed by atoms with Crippen molar-refractivity contribution in [3.05, 3.63) is 89.5 Å². The lowest BCUT2D eigenvalue weighted by Crippen LogP contribution is -2.62. The third-order valence-electron chi connectivity index (χ3n) is 14.6. The van der Waals surface area contributed by atoms with Gasteiger partial charge in [0.05, 0.1) is 25.2 Å². The van der Waals surface area contributed by atoms with E-state index >= 15 is 0 Å². The van der Waals surface area contributed by atoms with Crippen LogP contribution in [0.2, 0.25) is 0 Å². The van der Waals surface area contributed by atoms with E-state index in [1.165, 1.54) is 72.8 Å². The molecule has 0 fully saturated rings. The lowest BCUT2D eigenvalue weighted by Gasteiger charge is -2.28. The number of primary amides is 2. The van der Waals surface area contributed by atoms with Crippen molar-refractivity contribution < 1.29 is 98.1 Å². The number of carbonyl (C=O) groups excluding carboxylic acids is 11. The van der Waals surface area contributed by atoms with Gasteiger partial charge in [-0.2, -0.15) is 0 Å². The molecule has 0 aliphatic heterocycles. The first kappa shape index (κ1) is 77.3. The number of aliphatic hydroxyl groups excluding tert-OH is 2. The highest BCUT2D eigenvalue weighted by Crippen LogP contribution is 2.17. The van der Waals surface area contributed by atoms with E-state index in [2.05, 4.69) is 47.9 Å². The Bertz CT molecular complexity index is 3060. The summed E-state index contributed by atoms with van der Waals surface area (Å²) in [6.45, 7) is 3.48. The number of hydrogen-bond donors (Lipinski definition) is 20. The lowest BCUT2D eigenvalue weighted by atomic mass is 9.98. The van der Waals surface area contributed by atoms with Gasteiger partial charge in [-0.3, -0.25) is 57.5 Å². The van der Waals surface area contributed by atoms with E-state index in [4.69, 9.17) is 22.9 Å². The van der Waals surface area contributed by atoms with Crippen LogP contribution in [0.15, 0.2) is 72.8 Å². The van der Waals surface area contributed by atoms with Crippen LogP contribution >= 0.6 is 0 Å². The van der Waals surface area contributed by atoms with Crippen molar-refractivity contribution in [3.8, 4) is 17.2 Å². The van der Waals surface area contributed by atoms with Crippen LogP contribution in [-0.2, 0) is 81.6 Å². The minimum atomic E-state index is -1.98. The topological polar surface area (TPSA) is 576 Å². The third-order valence-corrected chi connectivity index (χ3v) is 14.6. The van der Waals surface area contributed by atoms with Crippen LogP contribution in [0.4, 0.5) is 0 Å². The van der Waals surface area contributed by atoms with Crippen LogP contribution in [-0.4, -0.2) is 192 Å². The Balaban J connectivity index is 2.01. The van der Waals surface area contributed by atoms with Crippen LogP contribution in [0, 0.1) is 5.92 Å². The molecule has 0 aromatic heterocycles. The second kappa shape index (κ2) is 38.6. The maximum atomic E-state index is 14.5. The number of aliphatic carboxylic acids is 2. The molecule has 0 heterocycles. The molecule has 0 aliphatic carbocycles. The molecule has 0 radical (unpaired) electrons. The number of unbranched alkanes of at least 4 members (excludes halogenated alkanes) is 1. The SMILES string of the molecule is CC[C@H](C)[C@H](NC(=O)[C@H](Cc1ccc(O)cc1)NC(=O)[C@H](CO)NC(=O)[C@H](Cc1ccc(O)cc1)NC(=O)[C@H](CCC(N)=O)NC(=O)[C@H](CCC(N)=O)NC(=O)[C@H](Cc1ccc(O)cc1)NC(=O)[C@@H](NC(=O)[C@H](CC(=O)O)NC(=O)[C@@H](N)CCCCN)[C@@H](C)O)C(=O)O. The second-order valence-corrected chi connectivity index (χ2v) is 22.2. The number of benzene rings is 3. The fourth-order valence-electron chi connectivity index (χ4n) is 9.06. The van der Waals surface area contributed by atoms with Crippen molar-refractivity contribution in [1.82, 2.24) is 47.9 Å². The number of nitrogens with two attached hydrogens (primary N) is 4. The zero-order valence-electron chi connectivity index (χ0n) is 51.5. The highest BCUT2D eigenvalue weighted by Gasteiger charge is 2.38. The Morgan fingerprint density at radius 1 is 0.441 bits per heavy atom. The Labute approximate surface area is 534 Å². The number of rotatable bonds is 41. The van der Waals surface area contributed by atoms with Gasteiger partial charge in [0.15, 0.2) is 0 Å². The number of carboxylic acid groups (broad SMARTS) is 2. The number of hydrogen-bond acceptors (Lipinski definition) is 20. The van der Waals surface area contributed by atoms with Gasteiger partial charge < -0.3 is 107 Å². The molecule has 510 valence electrons. The molecule has 12 atom stereocenters. The summed E-state index contributed by atoms with van der Waals surface area (Å²) in [6, 6.07) is -1.38. The van der Waals surface area contributed by atoms with Gasteiger partial charge in [-0.05, 0) is 98.2 Å². The van der Waals surface area contributed by atoms with E-state index in [1.807, 2.05) is 0 Å². The van der Waals surface area contributed by atoms with Gasteiger partial charge >= 0.3 is 11.9 Å². The van der Waals surface area contributed by atoms with Gasteiger partial charge in [-0.15, -0.1) is 0 Å². The fourth-order valence-corrected chi connectivity index (χ4v) is 9.06. The number of carbonyl (C=O) groups is 13. The van der Waals surface area contributed by atoms with Crippen molar-refractivity contribution in [2.45, 2.75) is 164 Å². The number of aromatic hydroxyl groups is 3. The summed E-state index contributed by atoms with van der Waals surface area (Å²) in [7, 11) is 0. The van der Waals surface area contributed by atoms with Crippen molar-refractivity contribution in [2.75, 3.05) is 13.2 Å². The summed E-state index contributed by atoms with van der Waals surface area (Å²) in [5.41, 5.74) is 23.3. The predicted octanol–water partition coefficient (Wildman–Crippen LogP) is -4.84. The fraction of sp³-hybridized carbons (Fsp3) is 0.483. The second-order valence-electron chi connectivity index (χ2n) is 22.2. The molecule has 0 bridgehead atoms. The van der Waals surface area contributed by atoms with Crippen LogP contribution in [0.3, 0.4) is 0 Å². The summed E-state index contributed by atoms with van der Waals surface area (Å²) in [5, 5.41) is 91.8. The summed E-state index contributed by atoms with van der Waals surface area (Å²) in [6.07, 6.45) is -5.07. The minimum Gasteiger partial charge on any atom is -0.508 e. The quantitative estimate of drug-likeness (QED) is 0.0237. The molecule has 33 nitrogen and oxygen atoms in total. The van der Waals surface area contributed by atoms with Crippen molar-refractivity contribution >= 4 is 76.9 Å². The van der Waals surface area contributed by atoms with E-state index in [0.717, 1.165) is 6.92 Å². The Morgan fingerprint density at radius 3 is 1.13 bits per heavy atom. The average Bonchev–Trinajstić information content (AvgIpc) is 1.31. The van der Waals surface area contributed by atoms with E-state index in [1.54, 1.807) is 13.8 Å². The average molecular weight is 1310 g/mol. The van der Waals surface area contributed by atoms with Crippen LogP contribution in [0.5, 0.6) is 17.2 Å². The zero-order chi connectivity index (χ0) is 69.6. The predicted molar refractivity (Wildman–Crippen MR) is 329 cm³/mol. The normalized spacial score (nSPS) is 14.9. The van der Waals surface area contributed by atoms with E-state index < -0.39 is 201 Å². The molecule has 0 saturated heterocycles. The maximum absolute atomic E-state index is 14.5. The first-order chi connectivity index (χ1) is 43.8. The van der Waals surface area contributed by atoms with Crippen LogP contribution < -0.4 is 70.8 Å². The smallest absolute Gasteiger partial charge is 0.326 e. The molecular formula is C60H85N13O20. The Morgan fingerprint density at radius 2 is 0.774 bits per heavy atom. The zero-order valence-corrected chi connectivity index (χ0v) is 51.5. The number of amides is 11. The molecule has 3 aromatic rings. The first-order valence-corrected chi connectivity index (χ1v) is 29.7. The number of aliphatic hydroxyl groups is 2. The Kier molecular flexibility index (Phi) is 32.1. The number of carboxylic acids is 2. The monoisotopic (exact) mass is 1310 g/mol. The summed E-state index contributed by atoms with van der Waals surface area (Å²) < 4.78 is 0. The maximum Gasteiger partial charge on any atom is 0.326 e. The van der Waals surface area contributed by atoms with Gasteiger partial charge in [0.2, 0.25) is 65.0 Å². The van der Waals surface area contributed by atoms with E-state index in [0.29, 0.717) is 31.4 Å².